The molecule has 0 aliphatic rings. The summed E-state index contributed by atoms with van der Waals surface area (Å²) in [6, 6.07) is 11.6. The second kappa shape index (κ2) is 4.12. The minimum absolute atomic E-state index is 0.476. The number of nitrogens with zero attached hydrogens (tertiary/aromatic N) is 1. The van der Waals surface area contributed by atoms with Crippen LogP contribution in [0.15, 0.2) is 30.3 Å². The van der Waals surface area contributed by atoms with Gasteiger partial charge in [0.1, 0.15) is 0 Å². The molecule has 0 bridgehead atoms. The molecule has 3 aromatic rings. The molecule has 1 nitrogen and oxygen atoms in total. The fourth-order valence-electron chi connectivity index (χ4n) is 3.17. The summed E-state index contributed by atoms with van der Waals surface area (Å²) in [5, 5.41) is 2.80. The van der Waals surface area contributed by atoms with Gasteiger partial charge >= 0.3 is 0 Å². The molecule has 0 amide bonds. The van der Waals surface area contributed by atoms with E-state index in [9.17, 15) is 0 Å². The number of aromatic nitrogens is 1. The molecule has 0 radical (unpaired) electrons. The van der Waals surface area contributed by atoms with Crippen LogP contribution in [-0.2, 0) is 0 Å². The molecule has 1 heterocycles. The number of rotatable bonds is 1. The molecule has 0 saturated carbocycles. The Bertz CT molecular complexity index is 775. The van der Waals surface area contributed by atoms with Gasteiger partial charge in [0.2, 0.25) is 0 Å². The highest BCUT2D eigenvalue weighted by atomic mass is 15.0. The highest BCUT2D eigenvalue weighted by molar-refractivity contribution is 6.10. The van der Waals surface area contributed by atoms with Gasteiger partial charge in [0.25, 0.3) is 0 Å². The Morgan fingerprint density at radius 1 is 0.895 bits per heavy atom. The average Bonchev–Trinajstić information content (AvgIpc) is 2.70. The van der Waals surface area contributed by atoms with Crippen LogP contribution in [0.2, 0.25) is 0 Å². The molecule has 98 valence electrons. The van der Waals surface area contributed by atoms with Crippen LogP contribution < -0.4 is 0 Å². The molecule has 19 heavy (non-hydrogen) atoms. The van der Waals surface area contributed by atoms with E-state index in [1.807, 2.05) is 0 Å². The maximum absolute atomic E-state index is 2.46. The van der Waals surface area contributed by atoms with Crippen molar-refractivity contribution in [2.75, 3.05) is 0 Å². The lowest BCUT2D eigenvalue weighted by molar-refractivity contribution is 0.642. The van der Waals surface area contributed by atoms with E-state index in [1.165, 1.54) is 38.5 Å². The monoisotopic (exact) mass is 251 g/mol. The molecule has 2 aromatic carbocycles. The highest BCUT2D eigenvalue weighted by Crippen LogP contribution is 2.36. The first-order valence-corrected chi connectivity index (χ1v) is 7.01. The van der Waals surface area contributed by atoms with Crippen LogP contribution in [-0.4, -0.2) is 4.57 Å². The molecule has 0 fully saturated rings. The first-order chi connectivity index (χ1) is 9.02. The van der Waals surface area contributed by atoms with Crippen LogP contribution in [0.3, 0.4) is 0 Å². The van der Waals surface area contributed by atoms with Gasteiger partial charge in [-0.15, -0.1) is 0 Å². The minimum Gasteiger partial charge on any atom is -0.338 e. The first-order valence-electron chi connectivity index (χ1n) is 7.01. The zero-order chi connectivity index (χ0) is 13.7. The molecular weight excluding hydrogens is 230 g/mol. The SMILES string of the molecule is Cc1cc2c(c(C)c1C)c1ccccc1n2C(C)C. The van der Waals surface area contributed by atoms with Gasteiger partial charge in [-0.1, -0.05) is 18.2 Å². The van der Waals surface area contributed by atoms with Gasteiger partial charge in [0, 0.05) is 27.8 Å². The van der Waals surface area contributed by atoms with Crippen LogP contribution >= 0.6 is 0 Å². The fourth-order valence-corrected chi connectivity index (χ4v) is 3.17. The van der Waals surface area contributed by atoms with Gasteiger partial charge < -0.3 is 4.57 Å². The smallest absolute Gasteiger partial charge is 0.0499 e. The van der Waals surface area contributed by atoms with E-state index in [-0.39, 0.29) is 0 Å². The van der Waals surface area contributed by atoms with Crippen molar-refractivity contribution in [1.82, 2.24) is 4.57 Å². The van der Waals surface area contributed by atoms with Gasteiger partial charge in [-0.2, -0.15) is 0 Å². The average molecular weight is 251 g/mol. The molecule has 0 N–H and O–H groups in total. The molecular formula is C18H21N. The van der Waals surface area contributed by atoms with Gasteiger partial charge in [-0.25, -0.2) is 0 Å². The maximum Gasteiger partial charge on any atom is 0.0499 e. The number of hydrogen-bond acceptors (Lipinski definition) is 0. The molecule has 0 saturated heterocycles. The number of aryl methyl sites for hydroxylation is 2. The Hall–Kier alpha value is -1.76. The number of hydrogen-bond donors (Lipinski definition) is 0. The molecule has 1 heteroatoms. The van der Waals surface area contributed by atoms with Crippen LogP contribution in [0.25, 0.3) is 21.8 Å². The van der Waals surface area contributed by atoms with E-state index in [0.29, 0.717) is 6.04 Å². The molecule has 0 aliphatic heterocycles. The minimum atomic E-state index is 0.476. The zero-order valence-corrected chi connectivity index (χ0v) is 12.4. The van der Waals surface area contributed by atoms with Crippen molar-refractivity contribution in [3.05, 3.63) is 47.0 Å². The van der Waals surface area contributed by atoms with Crippen LogP contribution in [0.5, 0.6) is 0 Å². The summed E-state index contributed by atoms with van der Waals surface area (Å²) in [5.74, 6) is 0. The van der Waals surface area contributed by atoms with Gasteiger partial charge in [0.05, 0.1) is 0 Å². The lowest BCUT2D eigenvalue weighted by Crippen LogP contribution is -2.00. The molecule has 1 aromatic heterocycles. The van der Waals surface area contributed by atoms with Crippen LogP contribution in [0, 0.1) is 20.8 Å². The largest absolute Gasteiger partial charge is 0.338 e. The quantitative estimate of drug-likeness (QED) is 0.553. The van der Waals surface area contributed by atoms with E-state index in [1.54, 1.807) is 0 Å². The lowest BCUT2D eigenvalue weighted by Gasteiger charge is -2.13. The summed E-state index contributed by atoms with van der Waals surface area (Å²) in [6.07, 6.45) is 0. The molecule has 0 unspecified atom stereocenters. The van der Waals surface area contributed by atoms with Crippen molar-refractivity contribution in [3.63, 3.8) is 0 Å². The summed E-state index contributed by atoms with van der Waals surface area (Å²) in [7, 11) is 0. The van der Waals surface area contributed by atoms with E-state index >= 15 is 0 Å². The third-order valence-corrected chi connectivity index (χ3v) is 4.35. The van der Waals surface area contributed by atoms with Crippen molar-refractivity contribution >= 4 is 21.8 Å². The van der Waals surface area contributed by atoms with E-state index in [4.69, 9.17) is 0 Å². The number of fused-ring (bicyclic) bond motifs is 3. The number of para-hydroxylation sites is 1. The summed E-state index contributed by atoms with van der Waals surface area (Å²) in [6.45, 7) is 11.2. The summed E-state index contributed by atoms with van der Waals surface area (Å²) in [5.41, 5.74) is 6.94. The summed E-state index contributed by atoms with van der Waals surface area (Å²) in [4.78, 5) is 0. The standard InChI is InChI=1S/C18H21N/c1-11(2)19-16-9-7-6-8-15(16)18-14(5)13(4)12(3)10-17(18)19/h6-11H,1-5H3. The molecule has 0 spiro atoms. The second-order valence-electron chi connectivity index (χ2n) is 5.82. The van der Waals surface area contributed by atoms with Gasteiger partial charge in [0.15, 0.2) is 0 Å². The molecule has 0 atom stereocenters. The van der Waals surface area contributed by atoms with Crippen LogP contribution in [0.4, 0.5) is 0 Å². The summed E-state index contributed by atoms with van der Waals surface area (Å²) >= 11 is 0. The third kappa shape index (κ3) is 1.61. The fraction of sp³-hybridized carbons (Fsp3) is 0.333. The third-order valence-electron chi connectivity index (χ3n) is 4.35. The Kier molecular flexibility index (Phi) is 2.67. The predicted octanol–water partition coefficient (Wildman–Crippen LogP) is 5.30. The van der Waals surface area contributed by atoms with E-state index in [0.717, 1.165) is 0 Å². The van der Waals surface area contributed by atoms with Crippen molar-refractivity contribution in [2.45, 2.75) is 40.7 Å². The number of benzene rings is 2. The van der Waals surface area contributed by atoms with E-state index in [2.05, 4.69) is 69.5 Å². The first kappa shape index (κ1) is 12.3. The van der Waals surface area contributed by atoms with Gasteiger partial charge in [-0.3, -0.25) is 0 Å². The topological polar surface area (TPSA) is 4.93 Å². The highest BCUT2D eigenvalue weighted by Gasteiger charge is 2.15. The maximum atomic E-state index is 2.46. The van der Waals surface area contributed by atoms with Crippen molar-refractivity contribution < 1.29 is 0 Å². The Morgan fingerprint density at radius 2 is 1.58 bits per heavy atom. The lowest BCUT2D eigenvalue weighted by atomic mass is 9.98. The molecule has 0 aliphatic carbocycles. The predicted molar refractivity (Wildman–Crippen MR) is 84.0 cm³/mol. The molecule has 3 rings (SSSR count). The summed E-state index contributed by atoms with van der Waals surface area (Å²) < 4.78 is 2.46. The van der Waals surface area contributed by atoms with Crippen LogP contribution in [0.1, 0.15) is 36.6 Å². The van der Waals surface area contributed by atoms with Crippen molar-refractivity contribution in [1.29, 1.82) is 0 Å². The Morgan fingerprint density at radius 3 is 2.26 bits per heavy atom. The van der Waals surface area contributed by atoms with Crippen molar-refractivity contribution in [2.24, 2.45) is 0 Å². The van der Waals surface area contributed by atoms with Gasteiger partial charge in [-0.05, 0) is 63.4 Å². The second-order valence-corrected chi connectivity index (χ2v) is 5.82. The Labute approximate surface area is 114 Å². The zero-order valence-electron chi connectivity index (χ0n) is 12.4. The van der Waals surface area contributed by atoms with Crippen molar-refractivity contribution in [3.8, 4) is 0 Å². The normalized spacial score (nSPS) is 11.9. The van der Waals surface area contributed by atoms with E-state index < -0.39 is 0 Å². The Balaban J connectivity index is 2.64.